The summed E-state index contributed by atoms with van der Waals surface area (Å²) in [6.45, 7) is 4.55. The molecule has 2 saturated heterocycles. The summed E-state index contributed by atoms with van der Waals surface area (Å²) in [6.07, 6.45) is 6.90. The Labute approximate surface area is 138 Å². The summed E-state index contributed by atoms with van der Waals surface area (Å²) in [5.41, 5.74) is 1.12. The molecule has 0 unspecified atom stereocenters. The van der Waals surface area contributed by atoms with Crippen LogP contribution in [0.2, 0.25) is 0 Å². The molecule has 0 aromatic heterocycles. The Bertz CT molecular complexity index is 509. The fourth-order valence-electron chi connectivity index (χ4n) is 3.80. The van der Waals surface area contributed by atoms with Crippen molar-refractivity contribution in [3.05, 3.63) is 35.6 Å². The van der Waals surface area contributed by atoms with Crippen molar-refractivity contribution in [3.63, 3.8) is 0 Å². The Morgan fingerprint density at radius 1 is 1.00 bits per heavy atom. The van der Waals surface area contributed by atoms with E-state index in [0.717, 1.165) is 64.0 Å². The standard InChI is InChI=1S/C19H27FN2O/c20-18-9-7-16(8-10-18)14-21-11-5-6-17(15-21)19(23)22-12-3-1-2-4-13-22/h7-10,17H,1-6,11-15H2/t17-/m1/s1. The molecule has 23 heavy (non-hydrogen) atoms. The molecule has 2 aliphatic rings. The SMILES string of the molecule is O=C([C@@H]1CCCN(Cc2ccc(F)cc2)C1)N1CCCCCC1. The molecule has 1 amide bonds. The van der Waals surface area contributed by atoms with Crippen molar-refractivity contribution in [3.8, 4) is 0 Å². The summed E-state index contributed by atoms with van der Waals surface area (Å²) in [7, 11) is 0. The average molecular weight is 318 g/mol. The van der Waals surface area contributed by atoms with E-state index in [0.29, 0.717) is 5.91 Å². The summed E-state index contributed by atoms with van der Waals surface area (Å²) in [4.78, 5) is 17.2. The quantitative estimate of drug-likeness (QED) is 0.852. The molecular formula is C19H27FN2O. The number of nitrogens with zero attached hydrogens (tertiary/aromatic N) is 2. The number of hydrogen-bond donors (Lipinski definition) is 0. The van der Waals surface area contributed by atoms with Crippen LogP contribution in [0.4, 0.5) is 4.39 Å². The molecule has 2 fully saturated rings. The summed E-state index contributed by atoms with van der Waals surface area (Å²) in [6, 6.07) is 6.71. The molecule has 3 nitrogen and oxygen atoms in total. The van der Waals surface area contributed by atoms with E-state index in [1.165, 1.54) is 25.0 Å². The van der Waals surface area contributed by atoms with Crippen LogP contribution >= 0.6 is 0 Å². The average Bonchev–Trinajstić information content (AvgIpc) is 2.86. The first kappa shape index (κ1) is 16.4. The van der Waals surface area contributed by atoms with E-state index in [2.05, 4.69) is 9.80 Å². The van der Waals surface area contributed by atoms with E-state index in [9.17, 15) is 9.18 Å². The van der Waals surface area contributed by atoms with Crippen LogP contribution in [-0.4, -0.2) is 41.9 Å². The smallest absolute Gasteiger partial charge is 0.226 e. The molecule has 0 saturated carbocycles. The van der Waals surface area contributed by atoms with E-state index in [-0.39, 0.29) is 11.7 Å². The van der Waals surface area contributed by atoms with Crippen molar-refractivity contribution in [2.75, 3.05) is 26.2 Å². The van der Waals surface area contributed by atoms with Gasteiger partial charge < -0.3 is 4.90 Å². The molecule has 1 aromatic carbocycles. The van der Waals surface area contributed by atoms with Crippen LogP contribution in [0.1, 0.15) is 44.1 Å². The normalized spacial score (nSPS) is 23.5. The first-order valence-corrected chi connectivity index (χ1v) is 8.98. The molecule has 2 aliphatic heterocycles. The van der Waals surface area contributed by atoms with Gasteiger partial charge in [0.15, 0.2) is 0 Å². The lowest BCUT2D eigenvalue weighted by atomic mass is 9.96. The molecule has 1 atom stereocenters. The van der Waals surface area contributed by atoms with Crippen molar-refractivity contribution in [1.29, 1.82) is 0 Å². The first-order valence-electron chi connectivity index (χ1n) is 8.98. The van der Waals surface area contributed by atoms with Crippen molar-refractivity contribution in [2.45, 2.75) is 45.1 Å². The third kappa shape index (κ3) is 4.54. The van der Waals surface area contributed by atoms with E-state index in [1.54, 1.807) is 0 Å². The second kappa shape index (κ2) is 7.91. The maximum absolute atomic E-state index is 13.0. The topological polar surface area (TPSA) is 23.6 Å². The number of hydrogen-bond acceptors (Lipinski definition) is 2. The number of halogens is 1. The molecule has 1 aromatic rings. The van der Waals surface area contributed by atoms with Crippen LogP contribution in [0.5, 0.6) is 0 Å². The zero-order chi connectivity index (χ0) is 16.1. The molecule has 3 rings (SSSR count). The number of likely N-dealkylation sites (tertiary alicyclic amines) is 2. The molecule has 2 heterocycles. The van der Waals surface area contributed by atoms with Crippen molar-refractivity contribution >= 4 is 5.91 Å². The number of amides is 1. The largest absolute Gasteiger partial charge is 0.342 e. The minimum Gasteiger partial charge on any atom is -0.342 e. The van der Waals surface area contributed by atoms with Gasteiger partial charge in [0.1, 0.15) is 5.82 Å². The van der Waals surface area contributed by atoms with Crippen molar-refractivity contribution < 1.29 is 9.18 Å². The highest BCUT2D eigenvalue weighted by molar-refractivity contribution is 5.79. The Morgan fingerprint density at radius 3 is 2.39 bits per heavy atom. The monoisotopic (exact) mass is 318 g/mol. The summed E-state index contributed by atoms with van der Waals surface area (Å²) in [5.74, 6) is 0.305. The maximum atomic E-state index is 13.0. The van der Waals surface area contributed by atoms with Gasteiger partial charge in [-0.3, -0.25) is 9.69 Å². The lowest BCUT2D eigenvalue weighted by Crippen LogP contribution is -2.44. The van der Waals surface area contributed by atoms with E-state index >= 15 is 0 Å². The van der Waals surface area contributed by atoms with Crippen LogP contribution in [0.25, 0.3) is 0 Å². The number of piperidine rings is 1. The fourth-order valence-corrected chi connectivity index (χ4v) is 3.80. The Hall–Kier alpha value is -1.42. The second-order valence-electron chi connectivity index (χ2n) is 6.94. The number of carbonyl (C=O) groups excluding carboxylic acids is 1. The molecule has 126 valence electrons. The highest BCUT2D eigenvalue weighted by Crippen LogP contribution is 2.22. The third-order valence-electron chi connectivity index (χ3n) is 5.09. The predicted molar refractivity (Wildman–Crippen MR) is 89.4 cm³/mol. The molecule has 0 radical (unpaired) electrons. The minimum absolute atomic E-state index is 0.141. The van der Waals surface area contributed by atoms with Gasteiger partial charge in [-0.25, -0.2) is 4.39 Å². The Balaban J connectivity index is 1.56. The molecule has 0 N–H and O–H groups in total. The summed E-state index contributed by atoms with van der Waals surface area (Å²) in [5, 5.41) is 0. The van der Waals surface area contributed by atoms with Gasteiger partial charge in [-0.15, -0.1) is 0 Å². The van der Waals surface area contributed by atoms with Gasteiger partial charge in [0, 0.05) is 26.2 Å². The zero-order valence-electron chi connectivity index (χ0n) is 13.8. The van der Waals surface area contributed by atoms with Crippen LogP contribution in [-0.2, 0) is 11.3 Å². The van der Waals surface area contributed by atoms with Gasteiger partial charge in [-0.05, 0) is 49.9 Å². The summed E-state index contributed by atoms with van der Waals surface area (Å²) >= 11 is 0. The van der Waals surface area contributed by atoms with Gasteiger partial charge >= 0.3 is 0 Å². The highest BCUT2D eigenvalue weighted by atomic mass is 19.1. The third-order valence-corrected chi connectivity index (χ3v) is 5.09. The lowest BCUT2D eigenvalue weighted by Gasteiger charge is -2.34. The molecule has 0 aliphatic carbocycles. The van der Waals surface area contributed by atoms with E-state index in [1.807, 2.05) is 12.1 Å². The van der Waals surface area contributed by atoms with Crippen LogP contribution < -0.4 is 0 Å². The molecule has 0 bridgehead atoms. The van der Waals surface area contributed by atoms with Crippen molar-refractivity contribution in [2.24, 2.45) is 5.92 Å². The zero-order valence-corrected chi connectivity index (χ0v) is 13.8. The van der Waals surface area contributed by atoms with E-state index < -0.39 is 0 Å². The maximum Gasteiger partial charge on any atom is 0.226 e. The molecule has 4 heteroatoms. The minimum atomic E-state index is -0.193. The van der Waals surface area contributed by atoms with Gasteiger partial charge in [0.25, 0.3) is 0 Å². The number of benzene rings is 1. The first-order chi connectivity index (χ1) is 11.2. The van der Waals surface area contributed by atoms with Gasteiger partial charge in [-0.1, -0.05) is 25.0 Å². The Morgan fingerprint density at radius 2 is 1.70 bits per heavy atom. The van der Waals surface area contributed by atoms with Gasteiger partial charge in [0.2, 0.25) is 5.91 Å². The van der Waals surface area contributed by atoms with Crippen molar-refractivity contribution in [1.82, 2.24) is 9.80 Å². The Kier molecular flexibility index (Phi) is 5.65. The van der Waals surface area contributed by atoms with Crippen LogP contribution in [0.15, 0.2) is 24.3 Å². The van der Waals surface area contributed by atoms with Crippen LogP contribution in [0, 0.1) is 11.7 Å². The summed E-state index contributed by atoms with van der Waals surface area (Å²) < 4.78 is 13.0. The molecular weight excluding hydrogens is 291 g/mol. The number of rotatable bonds is 3. The second-order valence-corrected chi connectivity index (χ2v) is 6.94. The highest BCUT2D eigenvalue weighted by Gasteiger charge is 2.29. The fraction of sp³-hybridized carbons (Fsp3) is 0.632. The predicted octanol–water partition coefficient (Wildman–Crippen LogP) is 3.44. The number of carbonyl (C=O) groups is 1. The van der Waals surface area contributed by atoms with E-state index in [4.69, 9.17) is 0 Å². The molecule has 0 spiro atoms. The van der Waals surface area contributed by atoms with Crippen LogP contribution in [0.3, 0.4) is 0 Å². The van der Waals surface area contributed by atoms with Gasteiger partial charge in [-0.2, -0.15) is 0 Å². The lowest BCUT2D eigenvalue weighted by molar-refractivity contribution is -0.137. The van der Waals surface area contributed by atoms with Gasteiger partial charge in [0.05, 0.1) is 5.92 Å².